The molecule has 0 saturated heterocycles. The summed E-state index contributed by atoms with van der Waals surface area (Å²) in [5.41, 5.74) is 2.31. The molecule has 0 aliphatic heterocycles. The molecule has 0 aliphatic carbocycles. The Hall–Kier alpha value is -2.12. The average Bonchev–Trinajstić information content (AvgIpc) is 2.97. The summed E-state index contributed by atoms with van der Waals surface area (Å²) < 4.78 is 5.26. The number of guanidine groups is 1. The number of thiazole rings is 1. The maximum absolute atomic E-state index is 5.26. The molecule has 1 aromatic heterocycles. The summed E-state index contributed by atoms with van der Waals surface area (Å²) in [6.07, 6.45) is 0. The van der Waals surface area contributed by atoms with Crippen LogP contribution in [0.4, 0.5) is 0 Å². The van der Waals surface area contributed by atoms with Gasteiger partial charge in [-0.25, -0.2) is 9.98 Å². The van der Waals surface area contributed by atoms with Gasteiger partial charge in [0.2, 0.25) is 0 Å². The van der Waals surface area contributed by atoms with Gasteiger partial charge in [0.1, 0.15) is 5.75 Å². The standard InChI is InChI=1S/C20H31N5OS/c1-7-21-20(23-13-19-14(2)24-15(3)27-19)22-12-18(25(4)5)16-8-10-17(26-6)11-9-16/h8-11,18H,7,12-13H2,1-6H3,(H2,21,22,23). The number of likely N-dealkylation sites (N-methyl/N-ethyl adjacent to an activating group) is 1. The van der Waals surface area contributed by atoms with Gasteiger partial charge in [-0.1, -0.05) is 12.1 Å². The van der Waals surface area contributed by atoms with Crippen molar-refractivity contribution in [1.82, 2.24) is 20.5 Å². The van der Waals surface area contributed by atoms with Crippen LogP contribution in [0, 0.1) is 13.8 Å². The molecule has 27 heavy (non-hydrogen) atoms. The molecule has 0 aliphatic rings. The fourth-order valence-electron chi connectivity index (χ4n) is 2.83. The first kappa shape index (κ1) is 21.2. The molecule has 0 spiro atoms. The number of nitrogens with one attached hydrogen (secondary N) is 2. The molecular formula is C20H31N5OS. The highest BCUT2D eigenvalue weighted by Crippen LogP contribution is 2.21. The molecule has 0 bridgehead atoms. The predicted octanol–water partition coefficient (Wildman–Crippen LogP) is 3.13. The molecule has 0 radical (unpaired) electrons. The number of aryl methyl sites for hydroxylation is 2. The topological polar surface area (TPSA) is 61.8 Å². The zero-order valence-electron chi connectivity index (χ0n) is 17.2. The summed E-state index contributed by atoms with van der Waals surface area (Å²) in [4.78, 5) is 12.6. The van der Waals surface area contributed by atoms with E-state index in [1.807, 2.05) is 26.0 Å². The smallest absolute Gasteiger partial charge is 0.191 e. The van der Waals surface area contributed by atoms with Crippen LogP contribution in [0.5, 0.6) is 5.75 Å². The lowest BCUT2D eigenvalue weighted by Gasteiger charge is -2.26. The van der Waals surface area contributed by atoms with Gasteiger partial charge in [-0.05, 0) is 52.6 Å². The Kier molecular flexibility index (Phi) is 8.06. The Morgan fingerprint density at radius 3 is 2.44 bits per heavy atom. The second kappa shape index (κ2) is 10.3. The Labute approximate surface area is 166 Å². The highest BCUT2D eigenvalue weighted by Gasteiger charge is 2.15. The van der Waals surface area contributed by atoms with Crippen LogP contribution < -0.4 is 15.4 Å². The molecule has 2 rings (SSSR count). The van der Waals surface area contributed by atoms with Gasteiger partial charge in [-0.3, -0.25) is 0 Å². The summed E-state index contributed by atoms with van der Waals surface area (Å²) in [5.74, 6) is 1.69. The van der Waals surface area contributed by atoms with Crippen molar-refractivity contribution in [2.45, 2.75) is 33.4 Å². The van der Waals surface area contributed by atoms with E-state index in [2.05, 4.69) is 53.7 Å². The number of aliphatic imine (C=N–C) groups is 1. The van der Waals surface area contributed by atoms with Crippen molar-refractivity contribution in [3.63, 3.8) is 0 Å². The highest BCUT2D eigenvalue weighted by atomic mass is 32.1. The van der Waals surface area contributed by atoms with Crippen LogP contribution in [0.2, 0.25) is 0 Å². The zero-order valence-corrected chi connectivity index (χ0v) is 18.0. The second-order valence-electron chi connectivity index (χ2n) is 6.57. The van der Waals surface area contributed by atoms with Crippen LogP contribution in [0.3, 0.4) is 0 Å². The molecule has 1 aromatic carbocycles. The molecule has 0 amide bonds. The number of ether oxygens (including phenoxy) is 1. The second-order valence-corrected chi connectivity index (χ2v) is 7.86. The van der Waals surface area contributed by atoms with E-state index in [4.69, 9.17) is 9.73 Å². The van der Waals surface area contributed by atoms with Gasteiger partial charge in [0, 0.05) is 18.0 Å². The van der Waals surface area contributed by atoms with Gasteiger partial charge in [0.05, 0.1) is 30.4 Å². The molecular weight excluding hydrogens is 358 g/mol. The van der Waals surface area contributed by atoms with E-state index in [0.29, 0.717) is 6.54 Å². The average molecular weight is 390 g/mol. The number of aromatic nitrogens is 1. The number of benzene rings is 1. The minimum absolute atomic E-state index is 0.229. The lowest BCUT2D eigenvalue weighted by Crippen LogP contribution is -2.41. The number of hydrogen-bond acceptors (Lipinski definition) is 5. The monoisotopic (exact) mass is 389 g/mol. The first-order valence-electron chi connectivity index (χ1n) is 9.20. The van der Waals surface area contributed by atoms with Crippen LogP contribution in [0.1, 0.15) is 34.1 Å². The van der Waals surface area contributed by atoms with Crippen LogP contribution >= 0.6 is 11.3 Å². The molecule has 0 fully saturated rings. The van der Waals surface area contributed by atoms with Crippen molar-refractivity contribution in [1.29, 1.82) is 0 Å². The van der Waals surface area contributed by atoms with E-state index in [9.17, 15) is 0 Å². The fourth-order valence-corrected chi connectivity index (χ4v) is 3.69. The minimum atomic E-state index is 0.229. The summed E-state index contributed by atoms with van der Waals surface area (Å²) in [7, 11) is 5.86. The van der Waals surface area contributed by atoms with E-state index in [-0.39, 0.29) is 6.04 Å². The van der Waals surface area contributed by atoms with Gasteiger partial charge >= 0.3 is 0 Å². The van der Waals surface area contributed by atoms with Gasteiger partial charge < -0.3 is 20.3 Å². The van der Waals surface area contributed by atoms with Crippen molar-refractivity contribution in [2.24, 2.45) is 4.99 Å². The first-order chi connectivity index (χ1) is 12.9. The molecule has 7 heteroatoms. The third kappa shape index (κ3) is 6.22. The van der Waals surface area contributed by atoms with E-state index in [0.717, 1.165) is 35.5 Å². The quantitative estimate of drug-likeness (QED) is 0.536. The van der Waals surface area contributed by atoms with Crippen molar-refractivity contribution in [2.75, 3.05) is 34.3 Å². The molecule has 1 heterocycles. The third-order valence-corrected chi connectivity index (χ3v) is 5.37. The number of methoxy groups -OCH3 is 1. The number of nitrogens with zero attached hydrogens (tertiary/aromatic N) is 3. The van der Waals surface area contributed by atoms with Crippen LogP contribution in [0.15, 0.2) is 29.3 Å². The van der Waals surface area contributed by atoms with Gasteiger partial charge in [0.25, 0.3) is 0 Å². The van der Waals surface area contributed by atoms with Crippen molar-refractivity contribution in [3.8, 4) is 5.75 Å². The molecule has 1 atom stereocenters. The number of rotatable bonds is 8. The highest BCUT2D eigenvalue weighted by molar-refractivity contribution is 7.11. The molecule has 6 nitrogen and oxygen atoms in total. The van der Waals surface area contributed by atoms with E-state index >= 15 is 0 Å². The SMILES string of the molecule is CCNC(=NCc1sc(C)nc1C)NCC(c1ccc(OC)cc1)N(C)C. The van der Waals surface area contributed by atoms with Gasteiger partial charge in [-0.2, -0.15) is 0 Å². The lowest BCUT2D eigenvalue weighted by atomic mass is 10.1. The molecule has 148 valence electrons. The maximum Gasteiger partial charge on any atom is 0.191 e. The summed E-state index contributed by atoms with van der Waals surface area (Å²) in [5, 5.41) is 7.89. The summed E-state index contributed by atoms with van der Waals surface area (Å²) in [6, 6.07) is 8.45. The number of hydrogen-bond donors (Lipinski definition) is 2. The van der Waals surface area contributed by atoms with Crippen LogP contribution in [-0.4, -0.2) is 50.1 Å². The Morgan fingerprint density at radius 1 is 1.22 bits per heavy atom. The fraction of sp³-hybridized carbons (Fsp3) is 0.500. The van der Waals surface area contributed by atoms with Crippen molar-refractivity contribution < 1.29 is 4.74 Å². The maximum atomic E-state index is 5.26. The van der Waals surface area contributed by atoms with Crippen LogP contribution in [0.25, 0.3) is 0 Å². The Morgan fingerprint density at radius 2 is 1.93 bits per heavy atom. The largest absolute Gasteiger partial charge is 0.497 e. The van der Waals surface area contributed by atoms with Gasteiger partial charge in [-0.15, -0.1) is 11.3 Å². The van der Waals surface area contributed by atoms with E-state index < -0.39 is 0 Å². The Bertz CT molecular complexity index is 739. The van der Waals surface area contributed by atoms with Crippen molar-refractivity contribution >= 4 is 17.3 Å². The van der Waals surface area contributed by atoms with Gasteiger partial charge in [0.15, 0.2) is 5.96 Å². The minimum Gasteiger partial charge on any atom is -0.497 e. The summed E-state index contributed by atoms with van der Waals surface area (Å²) in [6.45, 7) is 8.37. The predicted molar refractivity (Wildman–Crippen MR) is 114 cm³/mol. The Balaban J connectivity index is 2.06. The van der Waals surface area contributed by atoms with Crippen molar-refractivity contribution in [3.05, 3.63) is 45.4 Å². The third-order valence-electron chi connectivity index (χ3n) is 4.31. The normalized spacial score (nSPS) is 12.9. The lowest BCUT2D eigenvalue weighted by molar-refractivity contribution is 0.298. The van der Waals surface area contributed by atoms with E-state index in [1.165, 1.54) is 10.4 Å². The zero-order chi connectivity index (χ0) is 19.8. The molecule has 2 aromatic rings. The van der Waals surface area contributed by atoms with E-state index in [1.54, 1.807) is 18.4 Å². The molecule has 1 unspecified atom stereocenters. The molecule has 0 saturated carbocycles. The first-order valence-corrected chi connectivity index (χ1v) is 10.0. The summed E-state index contributed by atoms with van der Waals surface area (Å²) >= 11 is 1.71. The molecule has 2 N–H and O–H groups in total. The van der Waals surface area contributed by atoms with Crippen LogP contribution in [-0.2, 0) is 6.54 Å².